The third-order valence-corrected chi connectivity index (χ3v) is 3.86. The molecule has 0 saturated heterocycles. The van der Waals surface area contributed by atoms with Crippen LogP contribution in [0.25, 0.3) is 0 Å². The van der Waals surface area contributed by atoms with Gasteiger partial charge in [-0.15, -0.1) is 0 Å². The van der Waals surface area contributed by atoms with E-state index in [1.54, 1.807) is 6.07 Å². The standard InChI is InChI=1S/C20H18N2O2/c23-19-12-11-17(14-21-19)22-20(24)13-18(15-7-3-1-4-8-15)16-9-5-2-6-10-16/h1-12,14,18H,13H2,(H,21,23)(H,22,24). The molecule has 4 nitrogen and oxygen atoms in total. The lowest BCUT2D eigenvalue weighted by Gasteiger charge is -2.18. The molecule has 0 radical (unpaired) electrons. The van der Waals surface area contributed by atoms with Gasteiger partial charge in [-0.1, -0.05) is 60.7 Å². The summed E-state index contributed by atoms with van der Waals surface area (Å²) in [7, 11) is 0. The summed E-state index contributed by atoms with van der Waals surface area (Å²) in [6.07, 6.45) is 1.83. The van der Waals surface area contributed by atoms with Gasteiger partial charge in [0.15, 0.2) is 0 Å². The fourth-order valence-corrected chi connectivity index (χ4v) is 2.68. The highest BCUT2D eigenvalue weighted by Crippen LogP contribution is 2.28. The molecule has 2 aromatic carbocycles. The third-order valence-electron chi connectivity index (χ3n) is 3.86. The van der Waals surface area contributed by atoms with E-state index in [1.807, 2.05) is 60.7 Å². The summed E-state index contributed by atoms with van der Waals surface area (Å²) in [5.74, 6) is -0.116. The third kappa shape index (κ3) is 3.98. The van der Waals surface area contributed by atoms with Crippen molar-refractivity contribution in [2.24, 2.45) is 0 Å². The zero-order valence-electron chi connectivity index (χ0n) is 13.1. The van der Waals surface area contributed by atoms with E-state index >= 15 is 0 Å². The Hall–Kier alpha value is -3.14. The first-order valence-corrected chi connectivity index (χ1v) is 7.81. The molecule has 0 aliphatic heterocycles. The van der Waals surface area contributed by atoms with Gasteiger partial charge in [-0.05, 0) is 17.2 Å². The Bertz CT molecular complexity index is 798. The number of nitrogens with one attached hydrogen (secondary N) is 2. The molecule has 0 spiro atoms. The summed E-state index contributed by atoms with van der Waals surface area (Å²) in [5, 5.41) is 2.83. The SMILES string of the molecule is O=C(CC(c1ccccc1)c1ccccc1)Nc1ccc(=O)[nH]c1. The van der Waals surface area contributed by atoms with Gasteiger partial charge in [-0.25, -0.2) is 0 Å². The lowest BCUT2D eigenvalue weighted by molar-refractivity contribution is -0.116. The lowest BCUT2D eigenvalue weighted by Crippen LogP contribution is -2.17. The molecular weight excluding hydrogens is 300 g/mol. The van der Waals surface area contributed by atoms with Gasteiger partial charge in [-0.2, -0.15) is 0 Å². The topological polar surface area (TPSA) is 62.0 Å². The fraction of sp³-hybridized carbons (Fsp3) is 0.100. The van der Waals surface area contributed by atoms with Gasteiger partial charge in [0, 0.05) is 24.6 Å². The molecule has 1 aromatic heterocycles. The number of benzene rings is 2. The van der Waals surface area contributed by atoms with E-state index in [9.17, 15) is 9.59 Å². The predicted octanol–water partition coefficient (Wildman–Crippen LogP) is 3.54. The van der Waals surface area contributed by atoms with Gasteiger partial charge in [0.2, 0.25) is 11.5 Å². The van der Waals surface area contributed by atoms with Crippen molar-refractivity contribution in [3.63, 3.8) is 0 Å². The van der Waals surface area contributed by atoms with Crippen LogP contribution in [0.4, 0.5) is 5.69 Å². The molecule has 120 valence electrons. The van der Waals surface area contributed by atoms with Crippen molar-refractivity contribution in [1.29, 1.82) is 0 Å². The zero-order chi connectivity index (χ0) is 16.8. The first-order chi connectivity index (χ1) is 11.7. The van der Waals surface area contributed by atoms with E-state index in [0.29, 0.717) is 12.1 Å². The monoisotopic (exact) mass is 318 g/mol. The summed E-state index contributed by atoms with van der Waals surface area (Å²) >= 11 is 0. The van der Waals surface area contributed by atoms with E-state index in [2.05, 4.69) is 10.3 Å². The minimum atomic E-state index is -0.195. The summed E-state index contributed by atoms with van der Waals surface area (Å²) in [6.45, 7) is 0. The van der Waals surface area contributed by atoms with Crippen molar-refractivity contribution in [2.45, 2.75) is 12.3 Å². The summed E-state index contributed by atoms with van der Waals surface area (Å²) < 4.78 is 0. The van der Waals surface area contributed by atoms with Gasteiger partial charge < -0.3 is 10.3 Å². The highest BCUT2D eigenvalue weighted by molar-refractivity contribution is 5.91. The van der Waals surface area contributed by atoms with Crippen LogP contribution in [0.1, 0.15) is 23.5 Å². The molecular formula is C20H18N2O2. The van der Waals surface area contributed by atoms with Gasteiger partial charge in [0.25, 0.3) is 0 Å². The number of H-pyrrole nitrogens is 1. The Morgan fingerprint density at radius 1 is 0.875 bits per heavy atom. The Morgan fingerprint density at radius 2 is 1.46 bits per heavy atom. The number of anilines is 1. The van der Waals surface area contributed by atoms with Crippen LogP contribution in [0.15, 0.2) is 83.8 Å². The molecule has 2 N–H and O–H groups in total. The summed E-state index contributed by atoms with van der Waals surface area (Å²) in [6, 6.07) is 23.0. The number of carbonyl (C=O) groups is 1. The highest BCUT2D eigenvalue weighted by Gasteiger charge is 2.18. The van der Waals surface area contributed by atoms with E-state index in [0.717, 1.165) is 11.1 Å². The van der Waals surface area contributed by atoms with Gasteiger partial charge in [0.05, 0.1) is 5.69 Å². The number of aromatic amines is 1. The normalized spacial score (nSPS) is 10.5. The van der Waals surface area contributed by atoms with E-state index in [4.69, 9.17) is 0 Å². The van der Waals surface area contributed by atoms with Crippen LogP contribution in [0, 0.1) is 0 Å². The first-order valence-electron chi connectivity index (χ1n) is 7.81. The van der Waals surface area contributed by atoms with Crippen LogP contribution in [-0.4, -0.2) is 10.9 Å². The van der Waals surface area contributed by atoms with Crippen LogP contribution in [0.2, 0.25) is 0 Å². The van der Waals surface area contributed by atoms with Crippen molar-refractivity contribution in [2.75, 3.05) is 5.32 Å². The molecule has 3 aromatic rings. The van der Waals surface area contributed by atoms with Gasteiger partial charge in [-0.3, -0.25) is 9.59 Å². The smallest absolute Gasteiger partial charge is 0.248 e. The average molecular weight is 318 g/mol. The average Bonchev–Trinajstić information content (AvgIpc) is 2.63. The molecule has 0 aliphatic carbocycles. The van der Waals surface area contributed by atoms with E-state index < -0.39 is 0 Å². The molecule has 0 bridgehead atoms. The quantitative estimate of drug-likeness (QED) is 0.756. The Morgan fingerprint density at radius 3 is 1.96 bits per heavy atom. The molecule has 3 rings (SSSR count). The van der Waals surface area contributed by atoms with Crippen LogP contribution in [-0.2, 0) is 4.79 Å². The van der Waals surface area contributed by atoms with Crippen molar-refractivity contribution < 1.29 is 4.79 Å². The maximum atomic E-state index is 12.5. The van der Waals surface area contributed by atoms with Crippen molar-refractivity contribution in [1.82, 2.24) is 4.98 Å². The number of amides is 1. The Balaban J connectivity index is 1.80. The van der Waals surface area contributed by atoms with Crippen LogP contribution in [0.5, 0.6) is 0 Å². The fourth-order valence-electron chi connectivity index (χ4n) is 2.68. The minimum Gasteiger partial charge on any atom is -0.327 e. The van der Waals surface area contributed by atoms with E-state index in [-0.39, 0.29) is 17.4 Å². The molecule has 0 saturated carbocycles. The van der Waals surface area contributed by atoms with Gasteiger partial charge >= 0.3 is 0 Å². The number of aromatic nitrogens is 1. The Kier molecular flexibility index (Phi) is 4.87. The van der Waals surface area contributed by atoms with E-state index in [1.165, 1.54) is 12.3 Å². The number of rotatable bonds is 5. The van der Waals surface area contributed by atoms with Crippen molar-refractivity contribution in [3.8, 4) is 0 Å². The maximum absolute atomic E-state index is 12.5. The number of hydrogen-bond acceptors (Lipinski definition) is 2. The second kappa shape index (κ2) is 7.42. The molecule has 0 aliphatic rings. The first kappa shape index (κ1) is 15.7. The van der Waals surface area contributed by atoms with Crippen LogP contribution >= 0.6 is 0 Å². The van der Waals surface area contributed by atoms with Crippen LogP contribution < -0.4 is 10.9 Å². The van der Waals surface area contributed by atoms with Gasteiger partial charge in [0.1, 0.15) is 0 Å². The lowest BCUT2D eigenvalue weighted by atomic mass is 9.88. The molecule has 1 heterocycles. The number of pyridine rings is 1. The molecule has 24 heavy (non-hydrogen) atoms. The molecule has 0 unspecified atom stereocenters. The van der Waals surface area contributed by atoms with Crippen LogP contribution in [0.3, 0.4) is 0 Å². The minimum absolute atomic E-state index is 0.0184. The largest absolute Gasteiger partial charge is 0.327 e. The second-order valence-corrected chi connectivity index (χ2v) is 5.57. The Labute approximate surface area is 140 Å². The number of hydrogen-bond donors (Lipinski definition) is 2. The molecule has 4 heteroatoms. The number of carbonyl (C=O) groups excluding carboxylic acids is 1. The second-order valence-electron chi connectivity index (χ2n) is 5.57. The molecule has 1 amide bonds. The summed E-state index contributed by atoms with van der Waals surface area (Å²) in [4.78, 5) is 26.1. The highest BCUT2D eigenvalue weighted by atomic mass is 16.1. The maximum Gasteiger partial charge on any atom is 0.248 e. The zero-order valence-corrected chi connectivity index (χ0v) is 13.1. The van der Waals surface area contributed by atoms with Crippen molar-refractivity contribution >= 4 is 11.6 Å². The molecule has 0 fully saturated rings. The predicted molar refractivity (Wildman–Crippen MR) is 95.0 cm³/mol. The molecule has 0 atom stereocenters. The summed E-state index contributed by atoms with van der Waals surface area (Å²) in [5.41, 5.74) is 2.58. The van der Waals surface area contributed by atoms with Crippen molar-refractivity contribution in [3.05, 3.63) is 100 Å².